The zero-order valence-corrected chi connectivity index (χ0v) is 13.9. The van der Waals surface area contributed by atoms with E-state index in [2.05, 4.69) is 10.6 Å². The Morgan fingerprint density at radius 3 is 2.54 bits per heavy atom. The van der Waals surface area contributed by atoms with Gasteiger partial charge in [0.1, 0.15) is 5.75 Å². The lowest BCUT2D eigenvalue weighted by Gasteiger charge is -2.14. The minimum absolute atomic E-state index is 0.202. The van der Waals surface area contributed by atoms with E-state index >= 15 is 0 Å². The second-order valence-corrected chi connectivity index (χ2v) is 5.45. The van der Waals surface area contributed by atoms with Crippen LogP contribution in [0.5, 0.6) is 5.75 Å². The molecule has 3 N–H and O–H groups in total. The highest BCUT2D eigenvalue weighted by Crippen LogP contribution is 2.17. The molecular formula is C19H24N2O3. The summed E-state index contributed by atoms with van der Waals surface area (Å²) in [5.74, 6) is 0.768. The Morgan fingerprint density at radius 2 is 1.79 bits per heavy atom. The van der Waals surface area contributed by atoms with Gasteiger partial charge in [0.05, 0.1) is 12.7 Å². The minimum Gasteiger partial charge on any atom is -0.494 e. The molecule has 0 aliphatic rings. The molecule has 2 aromatic carbocycles. The van der Waals surface area contributed by atoms with Crippen LogP contribution in [0.4, 0.5) is 4.79 Å². The first-order valence-electron chi connectivity index (χ1n) is 8.13. The van der Waals surface area contributed by atoms with Gasteiger partial charge < -0.3 is 20.5 Å². The van der Waals surface area contributed by atoms with Crippen LogP contribution in [0.2, 0.25) is 0 Å². The number of para-hydroxylation sites is 1. The van der Waals surface area contributed by atoms with E-state index in [4.69, 9.17) is 4.74 Å². The SMILES string of the molecule is CCOc1ccccc1CNC(=O)NCC(O)Cc1ccccc1. The van der Waals surface area contributed by atoms with E-state index in [9.17, 15) is 9.90 Å². The van der Waals surface area contributed by atoms with Gasteiger partial charge in [-0.25, -0.2) is 4.79 Å². The van der Waals surface area contributed by atoms with Crippen LogP contribution in [0.25, 0.3) is 0 Å². The normalized spacial score (nSPS) is 11.6. The van der Waals surface area contributed by atoms with Crippen LogP contribution in [0.1, 0.15) is 18.1 Å². The van der Waals surface area contributed by atoms with E-state index in [-0.39, 0.29) is 12.6 Å². The first-order chi connectivity index (χ1) is 11.7. The summed E-state index contributed by atoms with van der Waals surface area (Å²) in [6.45, 7) is 3.07. The number of carbonyl (C=O) groups is 1. The molecule has 1 unspecified atom stereocenters. The number of ether oxygens (including phenoxy) is 1. The van der Waals surface area contributed by atoms with Crippen LogP contribution in [-0.4, -0.2) is 30.4 Å². The Bertz CT molecular complexity index is 632. The molecule has 5 heteroatoms. The van der Waals surface area contributed by atoms with Crippen molar-refractivity contribution in [2.45, 2.75) is 26.0 Å². The van der Waals surface area contributed by atoms with Gasteiger partial charge in [-0.15, -0.1) is 0 Å². The summed E-state index contributed by atoms with van der Waals surface area (Å²) in [5, 5.41) is 15.4. The van der Waals surface area contributed by atoms with Crippen molar-refractivity contribution in [3.05, 3.63) is 65.7 Å². The zero-order chi connectivity index (χ0) is 17.2. The molecule has 0 aliphatic carbocycles. The summed E-state index contributed by atoms with van der Waals surface area (Å²) in [6.07, 6.45) is -0.109. The molecule has 0 saturated carbocycles. The predicted octanol–water partition coefficient (Wildman–Crippen LogP) is 2.49. The maximum absolute atomic E-state index is 11.9. The topological polar surface area (TPSA) is 70.6 Å². The van der Waals surface area contributed by atoms with Crippen LogP contribution < -0.4 is 15.4 Å². The van der Waals surface area contributed by atoms with Crippen LogP contribution in [-0.2, 0) is 13.0 Å². The number of hydrogen-bond donors (Lipinski definition) is 3. The Hall–Kier alpha value is -2.53. The first kappa shape index (κ1) is 17.8. The first-order valence-corrected chi connectivity index (χ1v) is 8.13. The van der Waals surface area contributed by atoms with E-state index in [1.165, 1.54) is 0 Å². The number of carbonyl (C=O) groups excluding carboxylic acids is 1. The lowest BCUT2D eigenvalue weighted by Crippen LogP contribution is -2.40. The molecule has 0 bridgehead atoms. The van der Waals surface area contributed by atoms with Crippen LogP contribution >= 0.6 is 0 Å². The highest BCUT2D eigenvalue weighted by Gasteiger charge is 2.09. The van der Waals surface area contributed by atoms with E-state index < -0.39 is 6.10 Å². The van der Waals surface area contributed by atoms with Crippen molar-refractivity contribution in [1.29, 1.82) is 0 Å². The molecule has 2 amide bonds. The third kappa shape index (κ3) is 5.93. The zero-order valence-electron chi connectivity index (χ0n) is 13.9. The number of aliphatic hydroxyl groups is 1. The van der Waals surface area contributed by atoms with Crippen molar-refractivity contribution < 1.29 is 14.6 Å². The number of aliphatic hydroxyl groups excluding tert-OH is 1. The van der Waals surface area contributed by atoms with Crippen molar-refractivity contribution >= 4 is 6.03 Å². The molecule has 0 saturated heterocycles. The van der Waals surface area contributed by atoms with Gasteiger partial charge in [0.25, 0.3) is 0 Å². The van der Waals surface area contributed by atoms with Crippen molar-refractivity contribution in [1.82, 2.24) is 10.6 Å². The number of amides is 2. The van der Waals surface area contributed by atoms with Crippen LogP contribution in [0.3, 0.4) is 0 Å². The highest BCUT2D eigenvalue weighted by atomic mass is 16.5. The molecule has 24 heavy (non-hydrogen) atoms. The average Bonchev–Trinajstić information content (AvgIpc) is 2.60. The maximum Gasteiger partial charge on any atom is 0.315 e. The number of nitrogens with one attached hydrogen (secondary N) is 2. The van der Waals surface area contributed by atoms with Crippen molar-refractivity contribution in [2.75, 3.05) is 13.2 Å². The molecule has 1 atom stereocenters. The monoisotopic (exact) mass is 328 g/mol. The summed E-state index contributed by atoms with van der Waals surface area (Å²) in [7, 11) is 0. The highest BCUT2D eigenvalue weighted by molar-refractivity contribution is 5.73. The summed E-state index contributed by atoms with van der Waals surface area (Å²) < 4.78 is 5.52. The Morgan fingerprint density at radius 1 is 1.08 bits per heavy atom. The number of hydrogen-bond acceptors (Lipinski definition) is 3. The van der Waals surface area contributed by atoms with E-state index in [1.54, 1.807) is 0 Å². The predicted molar refractivity (Wildman–Crippen MR) is 94.0 cm³/mol. The average molecular weight is 328 g/mol. The van der Waals surface area contributed by atoms with E-state index in [0.29, 0.717) is 19.6 Å². The van der Waals surface area contributed by atoms with Gasteiger partial charge in [-0.2, -0.15) is 0 Å². The van der Waals surface area contributed by atoms with E-state index in [1.807, 2.05) is 61.5 Å². The molecule has 0 fully saturated rings. The van der Waals surface area contributed by atoms with Crippen molar-refractivity contribution in [3.8, 4) is 5.75 Å². The molecule has 128 valence electrons. The lowest BCUT2D eigenvalue weighted by atomic mass is 10.1. The van der Waals surface area contributed by atoms with Gasteiger partial charge in [-0.3, -0.25) is 0 Å². The second kappa shape index (κ2) is 9.57. The van der Waals surface area contributed by atoms with Gasteiger partial charge in [-0.05, 0) is 18.6 Å². The molecule has 5 nitrogen and oxygen atoms in total. The van der Waals surface area contributed by atoms with Gasteiger partial charge >= 0.3 is 6.03 Å². The summed E-state index contributed by atoms with van der Waals surface area (Å²) in [6, 6.07) is 17.0. The standard InChI is InChI=1S/C19H24N2O3/c1-2-24-18-11-7-6-10-16(18)13-20-19(23)21-14-17(22)12-15-8-4-3-5-9-15/h3-11,17,22H,2,12-14H2,1H3,(H2,20,21,23). The lowest BCUT2D eigenvalue weighted by molar-refractivity contribution is 0.170. The Labute approximate surface area is 142 Å². The van der Waals surface area contributed by atoms with E-state index in [0.717, 1.165) is 16.9 Å². The number of benzene rings is 2. The molecule has 0 heterocycles. The fraction of sp³-hybridized carbons (Fsp3) is 0.316. The van der Waals surface area contributed by atoms with Gasteiger partial charge in [0.15, 0.2) is 0 Å². The molecule has 0 aromatic heterocycles. The molecule has 0 spiro atoms. The summed E-state index contributed by atoms with van der Waals surface area (Å²) >= 11 is 0. The summed E-state index contributed by atoms with van der Waals surface area (Å²) in [5.41, 5.74) is 1.96. The maximum atomic E-state index is 11.9. The minimum atomic E-state index is -0.617. The molecule has 2 rings (SSSR count). The molecular weight excluding hydrogens is 304 g/mol. The number of urea groups is 1. The van der Waals surface area contributed by atoms with Crippen LogP contribution in [0.15, 0.2) is 54.6 Å². The Kier molecular flexibility index (Phi) is 7.11. The fourth-order valence-electron chi connectivity index (χ4n) is 2.35. The second-order valence-electron chi connectivity index (χ2n) is 5.45. The third-order valence-electron chi connectivity index (χ3n) is 3.52. The molecule has 0 aliphatic heterocycles. The summed E-state index contributed by atoms with van der Waals surface area (Å²) in [4.78, 5) is 11.9. The molecule has 2 aromatic rings. The third-order valence-corrected chi connectivity index (χ3v) is 3.52. The fourth-order valence-corrected chi connectivity index (χ4v) is 2.35. The van der Waals surface area contributed by atoms with Crippen molar-refractivity contribution in [2.24, 2.45) is 0 Å². The smallest absolute Gasteiger partial charge is 0.315 e. The van der Waals surface area contributed by atoms with Gasteiger partial charge in [-0.1, -0.05) is 48.5 Å². The number of rotatable bonds is 8. The van der Waals surface area contributed by atoms with Crippen molar-refractivity contribution in [3.63, 3.8) is 0 Å². The van der Waals surface area contributed by atoms with Gasteiger partial charge in [0.2, 0.25) is 0 Å². The van der Waals surface area contributed by atoms with Gasteiger partial charge in [0, 0.05) is 25.1 Å². The van der Waals surface area contributed by atoms with Crippen LogP contribution in [0, 0.1) is 0 Å². The quantitative estimate of drug-likeness (QED) is 0.697. The largest absolute Gasteiger partial charge is 0.494 e. The molecule has 0 radical (unpaired) electrons. The Balaban J connectivity index is 1.73.